The first kappa shape index (κ1) is 17.9. The van der Waals surface area contributed by atoms with Crippen molar-refractivity contribution in [2.45, 2.75) is 20.1 Å². The molecule has 1 heterocycles. The van der Waals surface area contributed by atoms with Crippen molar-refractivity contribution >= 4 is 11.0 Å². The lowest BCUT2D eigenvalue weighted by atomic mass is 10.1. The lowest BCUT2D eigenvalue weighted by Crippen LogP contribution is -2.02. The van der Waals surface area contributed by atoms with Gasteiger partial charge in [0, 0.05) is 18.2 Å². The summed E-state index contributed by atoms with van der Waals surface area (Å²) in [6.07, 6.45) is 0. The Bertz CT molecular complexity index is 1130. The molecule has 0 atom stereocenters. The molecule has 0 aliphatic rings. The molecule has 4 heteroatoms. The van der Waals surface area contributed by atoms with Gasteiger partial charge in [0.15, 0.2) is 0 Å². The van der Waals surface area contributed by atoms with Crippen molar-refractivity contribution < 1.29 is 13.9 Å². The van der Waals surface area contributed by atoms with Gasteiger partial charge in [-0.25, -0.2) is 4.79 Å². The first-order valence-electron chi connectivity index (χ1n) is 9.11. The molecule has 4 aromatic rings. The van der Waals surface area contributed by atoms with Crippen LogP contribution < -0.4 is 15.1 Å². The van der Waals surface area contributed by atoms with Crippen LogP contribution in [0.1, 0.15) is 16.7 Å². The summed E-state index contributed by atoms with van der Waals surface area (Å²) in [5, 5.41) is 0.780. The molecular formula is C24H20O4. The molecule has 0 N–H and O–H groups in total. The molecule has 0 saturated carbocycles. The SMILES string of the molecule is Cc1cc(=O)oc2cc(OCc3ccccc3)cc(OCc3ccccc3)c12. The van der Waals surface area contributed by atoms with Gasteiger partial charge in [0.2, 0.25) is 0 Å². The standard InChI is InChI=1S/C24H20O4/c1-17-12-23(25)28-22-14-20(26-15-18-8-4-2-5-9-18)13-21(24(17)22)27-16-19-10-6-3-7-11-19/h2-14H,15-16H2,1H3. The fourth-order valence-corrected chi connectivity index (χ4v) is 3.10. The highest BCUT2D eigenvalue weighted by atomic mass is 16.5. The summed E-state index contributed by atoms with van der Waals surface area (Å²) in [4.78, 5) is 11.8. The lowest BCUT2D eigenvalue weighted by molar-refractivity contribution is 0.292. The number of ether oxygens (including phenoxy) is 2. The molecule has 28 heavy (non-hydrogen) atoms. The van der Waals surface area contributed by atoms with Crippen LogP contribution in [-0.4, -0.2) is 0 Å². The average molecular weight is 372 g/mol. The highest BCUT2D eigenvalue weighted by Gasteiger charge is 2.13. The Morgan fingerprint density at radius 2 is 1.39 bits per heavy atom. The van der Waals surface area contributed by atoms with Gasteiger partial charge in [-0.2, -0.15) is 0 Å². The summed E-state index contributed by atoms with van der Waals surface area (Å²) in [5.74, 6) is 1.22. The quantitative estimate of drug-likeness (QED) is 0.433. The van der Waals surface area contributed by atoms with Crippen molar-refractivity contribution in [1.82, 2.24) is 0 Å². The van der Waals surface area contributed by atoms with Crippen molar-refractivity contribution in [3.8, 4) is 11.5 Å². The first-order valence-corrected chi connectivity index (χ1v) is 9.11. The van der Waals surface area contributed by atoms with E-state index < -0.39 is 0 Å². The topological polar surface area (TPSA) is 48.7 Å². The normalized spacial score (nSPS) is 10.8. The van der Waals surface area contributed by atoms with Gasteiger partial charge >= 0.3 is 5.63 Å². The number of benzene rings is 3. The van der Waals surface area contributed by atoms with E-state index in [9.17, 15) is 4.79 Å². The summed E-state index contributed by atoms with van der Waals surface area (Å²) in [7, 11) is 0. The Morgan fingerprint density at radius 3 is 2.04 bits per heavy atom. The Morgan fingerprint density at radius 1 is 0.786 bits per heavy atom. The van der Waals surface area contributed by atoms with Crippen LogP contribution in [0.5, 0.6) is 11.5 Å². The second-order valence-corrected chi connectivity index (χ2v) is 6.59. The summed E-state index contributed by atoms with van der Waals surface area (Å²) in [6.45, 7) is 2.70. The number of rotatable bonds is 6. The van der Waals surface area contributed by atoms with Crippen LogP contribution in [0.4, 0.5) is 0 Å². The molecule has 4 nitrogen and oxygen atoms in total. The number of aryl methyl sites for hydroxylation is 1. The summed E-state index contributed by atoms with van der Waals surface area (Å²) < 4.78 is 17.4. The van der Waals surface area contributed by atoms with Gasteiger partial charge in [0.05, 0.1) is 5.39 Å². The maximum Gasteiger partial charge on any atom is 0.336 e. The van der Waals surface area contributed by atoms with E-state index in [1.807, 2.05) is 73.7 Å². The molecule has 0 saturated heterocycles. The van der Waals surface area contributed by atoms with Crippen LogP contribution in [0.2, 0.25) is 0 Å². The van der Waals surface area contributed by atoms with E-state index in [-0.39, 0.29) is 5.63 Å². The van der Waals surface area contributed by atoms with Crippen molar-refractivity contribution in [2.75, 3.05) is 0 Å². The Kier molecular flexibility index (Phi) is 5.11. The van der Waals surface area contributed by atoms with Crippen molar-refractivity contribution in [3.63, 3.8) is 0 Å². The zero-order valence-electron chi connectivity index (χ0n) is 15.6. The molecule has 140 valence electrons. The Labute approximate surface area is 163 Å². The summed E-state index contributed by atoms with van der Waals surface area (Å²) in [6, 6.07) is 24.9. The zero-order chi connectivity index (χ0) is 19.3. The number of hydrogen-bond donors (Lipinski definition) is 0. The molecule has 0 spiro atoms. The largest absolute Gasteiger partial charge is 0.489 e. The third-order valence-corrected chi connectivity index (χ3v) is 4.46. The molecule has 1 aromatic heterocycles. The molecule has 4 rings (SSSR count). The van der Waals surface area contributed by atoms with E-state index in [1.54, 1.807) is 6.07 Å². The molecule has 0 unspecified atom stereocenters. The van der Waals surface area contributed by atoms with Crippen LogP contribution in [0, 0.1) is 6.92 Å². The highest BCUT2D eigenvalue weighted by Crippen LogP contribution is 2.33. The third kappa shape index (κ3) is 4.07. The van der Waals surface area contributed by atoms with Gasteiger partial charge in [-0.3, -0.25) is 0 Å². The fourth-order valence-electron chi connectivity index (χ4n) is 3.10. The highest BCUT2D eigenvalue weighted by molar-refractivity contribution is 5.88. The van der Waals surface area contributed by atoms with Crippen LogP contribution in [-0.2, 0) is 13.2 Å². The van der Waals surface area contributed by atoms with E-state index in [1.165, 1.54) is 6.07 Å². The van der Waals surface area contributed by atoms with Gasteiger partial charge < -0.3 is 13.9 Å². The minimum absolute atomic E-state index is 0.390. The predicted octanol–water partition coefficient (Wildman–Crippen LogP) is 5.26. The Balaban J connectivity index is 1.67. The van der Waals surface area contributed by atoms with Crippen LogP contribution in [0.15, 0.2) is 88.1 Å². The minimum Gasteiger partial charge on any atom is -0.489 e. The minimum atomic E-state index is -0.390. The molecular weight excluding hydrogens is 352 g/mol. The number of fused-ring (bicyclic) bond motifs is 1. The van der Waals surface area contributed by atoms with Crippen molar-refractivity contribution in [3.05, 3.63) is 106 Å². The average Bonchev–Trinajstić information content (AvgIpc) is 2.71. The van der Waals surface area contributed by atoms with Gasteiger partial charge in [-0.15, -0.1) is 0 Å². The summed E-state index contributed by atoms with van der Waals surface area (Å²) >= 11 is 0. The molecule has 0 bridgehead atoms. The van der Waals surface area contributed by atoms with Crippen LogP contribution >= 0.6 is 0 Å². The van der Waals surface area contributed by atoms with Crippen LogP contribution in [0.3, 0.4) is 0 Å². The van der Waals surface area contributed by atoms with E-state index in [0.717, 1.165) is 22.1 Å². The summed E-state index contributed by atoms with van der Waals surface area (Å²) in [5.41, 5.74) is 2.99. The maximum absolute atomic E-state index is 11.8. The third-order valence-electron chi connectivity index (χ3n) is 4.46. The van der Waals surface area contributed by atoms with E-state index in [2.05, 4.69) is 0 Å². The van der Waals surface area contributed by atoms with Gasteiger partial charge in [0.1, 0.15) is 30.3 Å². The van der Waals surface area contributed by atoms with E-state index in [0.29, 0.717) is 30.3 Å². The molecule has 0 aliphatic carbocycles. The van der Waals surface area contributed by atoms with Gasteiger partial charge in [0.25, 0.3) is 0 Å². The van der Waals surface area contributed by atoms with Gasteiger partial charge in [-0.1, -0.05) is 60.7 Å². The fraction of sp³-hybridized carbons (Fsp3) is 0.125. The zero-order valence-corrected chi connectivity index (χ0v) is 15.6. The monoisotopic (exact) mass is 372 g/mol. The second kappa shape index (κ2) is 8.01. The lowest BCUT2D eigenvalue weighted by Gasteiger charge is -2.14. The predicted molar refractivity (Wildman–Crippen MR) is 109 cm³/mol. The van der Waals surface area contributed by atoms with Crippen molar-refractivity contribution in [1.29, 1.82) is 0 Å². The molecule has 3 aromatic carbocycles. The number of hydrogen-bond acceptors (Lipinski definition) is 4. The van der Waals surface area contributed by atoms with E-state index in [4.69, 9.17) is 13.9 Å². The smallest absolute Gasteiger partial charge is 0.336 e. The van der Waals surface area contributed by atoms with Crippen LogP contribution in [0.25, 0.3) is 11.0 Å². The molecule has 0 aliphatic heterocycles. The first-order chi connectivity index (χ1) is 13.7. The molecule has 0 fully saturated rings. The second-order valence-electron chi connectivity index (χ2n) is 6.59. The van der Waals surface area contributed by atoms with Crippen molar-refractivity contribution in [2.24, 2.45) is 0 Å². The Hall–Kier alpha value is -3.53. The van der Waals surface area contributed by atoms with Gasteiger partial charge in [-0.05, 0) is 23.6 Å². The van der Waals surface area contributed by atoms with E-state index >= 15 is 0 Å². The molecule has 0 radical (unpaired) electrons. The maximum atomic E-state index is 11.8. The molecule has 0 amide bonds.